The van der Waals surface area contributed by atoms with Gasteiger partial charge in [-0.15, -0.1) is 0 Å². The first-order valence-electron chi connectivity index (χ1n) is 9.06. The SMILES string of the molecule is CC(C)(C)c1cc(Cl)c2c(c1)C(=O)c1cc3cc4c(cc3nc1CO2)OCO4. The molecule has 0 saturated heterocycles. The zero-order valence-corrected chi connectivity index (χ0v) is 16.5. The van der Waals surface area contributed by atoms with Crippen molar-refractivity contribution in [2.75, 3.05) is 6.79 Å². The smallest absolute Gasteiger partial charge is 0.231 e. The summed E-state index contributed by atoms with van der Waals surface area (Å²) >= 11 is 6.48. The van der Waals surface area contributed by atoms with E-state index in [9.17, 15) is 4.79 Å². The third kappa shape index (κ3) is 2.61. The number of ether oxygens (including phenoxy) is 3. The van der Waals surface area contributed by atoms with Crippen molar-refractivity contribution in [3.8, 4) is 17.2 Å². The minimum absolute atomic E-state index is 0.137. The van der Waals surface area contributed by atoms with Gasteiger partial charge < -0.3 is 14.2 Å². The third-order valence-corrected chi connectivity index (χ3v) is 5.42. The van der Waals surface area contributed by atoms with Crippen LogP contribution in [0.3, 0.4) is 0 Å². The summed E-state index contributed by atoms with van der Waals surface area (Å²) in [6, 6.07) is 9.27. The summed E-state index contributed by atoms with van der Waals surface area (Å²) in [5.41, 5.74) is 3.14. The molecule has 0 saturated carbocycles. The van der Waals surface area contributed by atoms with Gasteiger partial charge in [-0.3, -0.25) is 4.79 Å². The second-order valence-corrected chi connectivity index (χ2v) is 8.49. The fourth-order valence-electron chi connectivity index (χ4n) is 3.54. The van der Waals surface area contributed by atoms with E-state index in [4.69, 9.17) is 25.8 Å². The molecule has 3 heterocycles. The van der Waals surface area contributed by atoms with Crippen LogP contribution in [0.25, 0.3) is 10.9 Å². The van der Waals surface area contributed by atoms with Gasteiger partial charge in [0.2, 0.25) is 6.79 Å². The zero-order valence-electron chi connectivity index (χ0n) is 15.8. The average Bonchev–Trinajstić information content (AvgIpc) is 3.04. The average molecular weight is 396 g/mol. The molecule has 5 nitrogen and oxygen atoms in total. The summed E-state index contributed by atoms with van der Waals surface area (Å²) in [7, 11) is 0. The maximum Gasteiger partial charge on any atom is 0.231 e. The standard InChI is InChI=1S/C22H18ClNO4/c1-22(2,3)12-6-14-20(25)13-4-11-5-18-19(28-10-27-18)8-16(11)24-17(13)9-26-21(14)15(23)7-12/h4-8H,9-10H2,1-3H3. The Kier molecular flexibility index (Phi) is 3.62. The molecule has 0 N–H and O–H groups in total. The van der Waals surface area contributed by atoms with E-state index in [0.29, 0.717) is 39.1 Å². The molecule has 2 aliphatic heterocycles. The summed E-state index contributed by atoms with van der Waals surface area (Å²) in [6.45, 7) is 6.61. The van der Waals surface area contributed by atoms with Crippen LogP contribution in [0.5, 0.6) is 17.2 Å². The molecular weight excluding hydrogens is 378 g/mol. The molecule has 0 aliphatic carbocycles. The van der Waals surface area contributed by atoms with Crippen LogP contribution in [-0.2, 0) is 12.0 Å². The Labute approximate surface area is 167 Å². The molecule has 0 fully saturated rings. The Morgan fingerprint density at radius 3 is 2.46 bits per heavy atom. The molecule has 0 bridgehead atoms. The molecule has 1 aromatic heterocycles. The van der Waals surface area contributed by atoms with Gasteiger partial charge in [0.05, 0.1) is 21.8 Å². The van der Waals surface area contributed by atoms with Gasteiger partial charge in [0.1, 0.15) is 12.4 Å². The van der Waals surface area contributed by atoms with Gasteiger partial charge in [-0.1, -0.05) is 32.4 Å². The molecular formula is C22H18ClNO4. The molecule has 6 heteroatoms. The summed E-state index contributed by atoms with van der Waals surface area (Å²) < 4.78 is 16.8. The number of halogens is 1. The normalized spacial score (nSPS) is 15.1. The highest BCUT2D eigenvalue weighted by atomic mass is 35.5. The topological polar surface area (TPSA) is 57.7 Å². The molecule has 0 radical (unpaired) electrons. The fourth-order valence-corrected chi connectivity index (χ4v) is 3.81. The minimum Gasteiger partial charge on any atom is -0.485 e. The zero-order chi connectivity index (χ0) is 19.6. The predicted molar refractivity (Wildman–Crippen MR) is 106 cm³/mol. The maximum atomic E-state index is 13.4. The van der Waals surface area contributed by atoms with Crippen molar-refractivity contribution in [3.63, 3.8) is 0 Å². The predicted octanol–water partition coefficient (Wildman–Crippen LogP) is 5.04. The van der Waals surface area contributed by atoms with Crippen LogP contribution in [0.1, 0.15) is 48.0 Å². The van der Waals surface area contributed by atoms with Gasteiger partial charge in [-0.25, -0.2) is 4.98 Å². The highest BCUT2D eigenvalue weighted by molar-refractivity contribution is 6.33. The number of hydrogen-bond acceptors (Lipinski definition) is 5. The van der Waals surface area contributed by atoms with E-state index in [0.717, 1.165) is 16.5 Å². The minimum atomic E-state index is -0.145. The number of nitrogens with zero attached hydrogens (tertiary/aromatic N) is 1. The second-order valence-electron chi connectivity index (χ2n) is 8.08. The molecule has 2 aliphatic rings. The molecule has 0 unspecified atom stereocenters. The lowest BCUT2D eigenvalue weighted by Crippen LogP contribution is -2.13. The van der Waals surface area contributed by atoms with Crippen molar-refractivity contribution < 1.29 is 19.0 Å². The Hall–Kier alpha value is -2.79. The number of carbonyl (C=O) groups is 1. The first kappa shape index (κ1) is 17.3. The Morgan fingerprint density at radius 1 is 0.964 bits per heavy atom. The summed E-state index contributed by atoms with van der Waals surface area (Å²) in [5.74, 6) is 1.59. The summed E-state index contributed by atoms with van der Waals surface area (Å²) in [5, 5.41) is 1.26. The molecule has 3 aromatic rings. The van der Waals surface area contributed by atoms with E-state index in [2.05, 4.69) is 25.8 Å². The molecule has 142 valence electrons. The summed E-state index contributed by atoms with van der Waals surface area (Å²) in [6.07, 6.45) is 0. The van der Waals surface area contributed by atoms with E-state index in [-0.39, 0.29) is 24.6 Å². The van der Waals surface area contributed by atoms with Crippen LogP contribution < -0.4 is 14.2 Å². The largest absolute Gasteiger partial charge is 0.485 e. The monoisotopic (exact) mass is 395 g/mol. The van der Waals surface area contributed by atoms with E-state index >= 15 is 0 Å². The van der Waals surface area contributed by atoms with Crippen molar-refractivity contribution in [2.24, 2.45) is 0 Å². The molecule has 0 amide bonds. The maximum absolute atomic E-state index is 13.4. The Balaban J connectivity index is 1.70. The number of rotatable bonds is 0. The van der Waals surface area contributed by atoms with E-state index in [1.165, 1.54) is 0 Å². The van der Waals surface area contributed by atoms with Crippen LogP contribution >= 0.6 is 11.6 Å². The Bertz CT molecular complexity index is 1160. The van der Waals surface area contributed by atoms with Gasteiger partial charge in [0, 0.05) is 17.0 Å². The lowest BCUT2D eigenvalue weighted by atomic mass is 9.85. The lowest BCUT2D eigenvalue weighted by Gasteiger charge is -2.21. The molecule has 0 spiro atoms. The van der Waals surface area contributed by atoms with Crippen LogP contribution in [0.4, 0.5) is 0 Å². The van der Waals surface area contributed by atoms with Gasteiger partial charge in [-0.2, -0.15) is 0 Å². The van der Waals surface area contributed by atoms with Crippen LogP contribution in [0.15, 0.2) is 30.3 Å². The van der Waals surface area contributed by atoms with Crippen LogP contribution in [0.2, 0.25) is 5.02 Å². The molecule has 28 heavy (non-hydrogen) atoms. The van der Waals surface area contributed by atoms with Gasteiger partial charge in [0.15, 0.2) is 17.3 Å². The number of ketones is 1. The highest BCUT2D eigenvalue weighted by Gasteiger charge is 2.29. The van der Waals surface area contributed by atoms with Crippen molar-refractivity contribution in [2.45, 2.75) is 32.8 Å². The van der Waals surface area contributed by atoms with Crippen molar-refractivity contribution in [3.05, 3.63) is 57.7 Å². The van der Waals surface area contributed by atoms with Crippen LogP contribution in [-0.4, -0.2) is 17.6 Å². The number of aromatic nitrogens is 1. The second kappa shape index (κ2) is 5.85. The molecule has 5 rings (SSSR count). The number of pyridine rings is 1. The number of fused-ring (bicyclic) bond motifs is 4. The van der Waals surface area contributed by atoms with Gasteiger partial charge >= 0.3 is 0 Å². The highest BCUT2D eigenvalue weighted by Crippen LogP contribution is 2.40. The third-order valence-electron chi connectivity index (χ3n) is 5.14. The molecule has 2 aromatic carbocycles. The molecule has 0 atom stereocenters. The first-order chi connectivity index (χ1) is 13.3. The quantitative estimate of drug-likeness (QED) is 0.533. The number of benzene rings is 2. The summed E-state index contributed by atoms with van der Waals surface area (Å²) in [4.78, 5) is 18.1. The van der Waals surface area contributed by atoms with Gasteiger partial charge in [0.25, 0.3) is 0 Å². The lowest BCUT2D eigenvalue weighted by molar-refractivity contribution is 0.103. The van der Waals surface area contributed by atoms with Crippen molar-refractivity contribution >= 4 is 28.3 Å². The van der Waals surface area contributed by atoms with E-state index in [1.807, 2.05) is 30.3 Å². The fraction of sp³-hybridized carbons (Fsp3) is 0.273. The Morgan fingerprint density at radius 2 is 1.71 bits per heavy atom. The van der Waals surface area contributed by atoms with Crippen molar-refractivity contribution in [1.29, 1.82) is 0 Å². The van der Waals surface area contributed by atoms with E-state index in [1.54, 1.807) is 0 Å². The first-order valence-corrected chi connectivity index (χ1v) is 9.44. The number of hydrogen-bond donors (Lipinski definition) is 0. The van der Waals surface area contributed by atoms with Crippen LogP contribution in [0, 0.1) is 0 Å². The van der Waals surface area contributed by atoms with E-state index < -0.39 is 0 Å². The van der Waals surface area contributed by atoms with Gasteiger partial charge in [-0.05, 0) is 35.2 Å². The number of carbonyl (C=O) groups excluding carboxylic acids is 1. The van der Waals surface area contributed by atoms with Crippen molar-refractivity contribution in [1.82, 2.24) is 4.98 Å².